The summed E-state index contributed by atoms with van der Waals surface area (Å²) in [5.41, 5.74) is 3.91. The van der Waals surface area contributed by atoms with Crippen molar-refractivity contribution in [2.45, 2.75) is 46.4 Å². The molecule has 0 spiro atoms. The average Bonchev–Trinajstić information content (AvgIpc) is 2.55. The summed E-state index contributed by atoms with van der Waals surface area (Å²) < 4.78 is 0. The average molecular weight is 316 g/mol. The van der Waals surface area contributed by atoms with E-state index >= 15 is 0 Å². The Morgan fingerprint density at radius 3 is 2.27 bits per heavy atom. The van der Waals surface area contributed by atoms with Gasteiger partial charge in [-0.2, -0.15) is 0 Å². The standard InChI is InChI=1S/C17H23N2P.C2H6/c1-13(2)10-14-5-7-16(8-6-14)17(20)19-12-15-4-3-9-18-11-15;1-2/h3-9,11,13,17,19H,10,12,20H2,1-2H3;1-2H3. The van der Waals surface area contributed by atoms with Gasteiger partial charge in [0.05, 0.1) is 0 Å². The first-order valence-corrected chi connectivity index (χ1v) is 8.78. The summed E-state index contributed by atoms with van der Waals surface area (Å²) in [5.74, 6) is 0.972. The van der Waals surface area contributed by atoms with Crippen molar-refractivity contribution in [3.63, 3.8) is 0 Å². The summed E-state index contributed by atoms with van der Waals surface area (Å²) in [5, 5.41) is 3.50. The van der Waals surface area contributed by atoms with Crippen molar-refractivity contribution in [3.8, 4) is 0 Å². The molecule has 3 heteroatoms. The topological polar surface area (TPSA) is 24.9 Å². The van der Waals surface area contributed by atoms with Gasteiger partial charge in [0.1, 0.15) is 0 Å². The second kappa shape index (κ2) is 10.5. The summed E-state index contributed by atoms with van der Waals surface area (Å²) in [6.45, 7) is 9.33. The van der Waals surface area contributed by atoms with Crippen LogP contribution < -0.4 is 5.32 Å². The number of hydrogen-bond donors (Lipinski definition) is 1. The molecule has 0 saturated heterocycles. The van der Waals surface area contributed by atoms with Crippen molar-refractivity contribution in [3.05, 3.63) is 65.5 Å². The summed E-state index contributed by atoms with van der Waals surface area (Å²) in [4.78, 5) is 4.13. The first-order chi connectivity index (χ1) is 10.6. The van der Waals surface area contributed by atoms with E-state index in [1.165, 1.54) is 16.7 Å². The molecule has 0 aliphatic rings. The van der Waals surface area contributed by atoms with Gasteiger partial charge in [-0.1, -0.05) is 58.0 Å². The molecule has 2 unspecified atom stereocenters. The number of hydrogen-bond acceptors (Lipinski definition) is 2. The molecule has 0 aliphatic heterocycles. The van der Waals surface area contributed by atoms with E-state index < -0.39 is 0 Å². The van der Waals surface area contributed by atoms with Gasteiger partial charge in [-0.15, -0.1) is 9.24 Å². The van der Waals surface area contributed by atoms with Crippen molar-refractivity contribution in [1.82, 2.24) is 10.3 Å². The van der Waals surface area contributed by atoms with E-state index in [0.29, 0.717) is 5.92 Å². The molecule has 120 valence electrons. The summed E-state index contributed by atoms with van der Waals surface area (Å²) in [6, 6.07) is 13.0. The third-order valence-electron chi connectivity index (χ3n) is 3.23. The molecule has 1 aromatic heterocycles. The zero-order valence-electron chi connectivity index (χ0n) is 14.2. The predicted molar refractivity (Wildman–Crippen MR) is 99.9 cm³/mol. The van der Waals surface area contributed by atoms with E-state index in [-0.39, 0.29) is 5.78 Å². The molecular formula is C19H29N2P. The Balaban J connectivity index is 0.00000116. The molecule has 2 atom stereocenters. The summed E-state index contributed by atoms with van der Waals surface area (Å²) >= 11 is 0. The maximum Gasteiger partial charge on any atom is 0.0466 e. The van der Waals surface area contributed by atoms with E-state index in [0.717, 1.165) is 13.0 Å². The molecule has 22 heavy (non-hydrogen) atoms. The molecule has 0 saturated carbocycles. The fourth-order valence-electron chi connectivity index (χ4n) is 2.18. The number of pyridine rings is 1. The zero-order chi connectivity index (χ0) is 16.4. The van der Waals surface area contributed by atoms with Crippen molar-refractivity contribution < 1.29 is 0 Å². The number of rotatable bonds is 6. The Labute approximate surface area is 138 Å². The van der Waals surface area contributed by atoms with E-state index in [1.807, 2.05) is 26.1 Å². The smallest absolute Gasteiger partial charge is 0.0466 e. The lowest BCUT2D eigenvalue weighted by Gasteiger charge is -2.15. The van der Waals surface area contributed by atoms with Gasteiger partial charge >= 0.3 is 0 Å². The number of nitrogens with one attached hydrogen (secondary N) is 1. The van der Waals surface area contributed by atoms with Gasteiger partial charge in [0, 0.05) is 24.7 Å². The van der Waals surface area contributed by atoms with E-state index in [1.54, 1.807) is 6.20 Å². The van der Waals surface area contributed by atoms with Gasteiger partial charge in [-0.3, -0.25) is 4.98 Å². The molecule has 0 fully saturated rings. The minimum Gasteiger partial charge on any atom is -0.303 e. The van der Waals surface area contributed by atoms with Crippen molar-refractivity contribution >= 4 is 9.24 Å². The minimum absolute atomic E-state index is 0.267. The SMILES string of the molecule is CC.CC(C)Cc1ccc(C(P)NCc2cccnc2)cc1. The summed E-state index contributed by atoms with van der Waals surface area (Å²) in [7, 11) is 2.86. The molecule has 0 radical (unpaired) electrons. The maximum absolute atomic E-state index is 4.13. The first kappa shape index (κ1) is 18.8. The van der Waals surface area contributed by atoms with Gasteiger partial charge in [-0.25, -0.2) is 0 Å². The zero-order valence-corrected chi connectivity index (χ0v) is 15.4. The highest BCUT2D eigenvalue weighted by Crippen LogP contribution is 2.21. The van der Waals surface area contributed by atoms with E-state index in [2.05, 4.69) is 63.7 Å². The molecule has 1 aromatic carbocycles. The van der Waals surface area contributed by atoms with Crippen LogP contribution in [-0.2, 0) is 13.0 Å². The normalized spacial score (nSPS) is 11.7. The van der Waals surface area contributed by atoms with Crippen LogP contribution in [0.25, 0.3) is 0 Å². The van der Waals surface area contributed by atoms with Crippen molar-refractivity contribution in [2.75, 3.05) is 0 Å². The molecule has 2 aromatic rings. The number of nitrogens with zero attached hydrogens (tertiary/aromatic N) is 1. The molecule has 0 bridgehead atoms. The van der Waals surface area contributed by atoms with E-state index in [4.69, 9.17) is 0 Å². The predicted octanol–water partition coefficient (Wildman–Crippen LogP) is 4.97. The van der Waals surface area contributed by atoms with Crippen LogP contribution in [0.3, 0.4) is 0 Å². The lowest BCUT2D eigenvalue weighted by atomic mass is 10.0. The molecule has 2 rings (SSSR count). The lowest BCUT2D eigenvalue weighted by molar-refractivity contribution is 0.645. The third kappa shape index (κ3) is 6.68. The van der Waals surface area contributed by atoms with Crippen LogP contribution in [0.1, 0.15) is 50.2 Å². The quantitative estimate of drug-likeness (QED) is 0.761. The molecule has 0 amide bonds. The summed E-state index contributed by atoms with van der Waals surface area (Å²) in [6.07, 6.45) is 4.84. The van der Waals surface area contributed by atoms with Gasteiger partial charge in [0.2, 0.25) is 0 Å². The van der Waals surface area contributed by atoms with Crippen LogP contribution >= 0.6 is 9.24 Å². The van der Waals surface area contributed by atoms with Gasteiger partial charge in [-0.05, 0) is 35.1 Å². The largest absolute Gasteiger partial charge is 0.303 e. The number of benzene rings is 1. The van der Waals surface area contributed by atoms with Crippen LogP contribution in [0.5, 0.6) is 0 Å². The van der Waals surface area contributed by atoms with Gasteiger partial charge in [0.15, 0.2) is 0 Å². The second-order valence-corrected chi connectivity index (χ2v) is 6.23. The monoisotopic (exact) mass is 316 g/mol. The maximum atomic E-state index is 4.13. The van der Waals surface area contributed by atoms with Crippen LogP contribution in [0.2, 0.25) is 0 Å². The highest BCUT2D eigenvalue weighted by Gasteiger charge is 2.05. The molecule has 1 heterocycles. The molecule has 0 aliphatic carbocycles. The Hall–Kier alpha value is -1.24. The Morgan fingerprint density at radius 2 is 1.73 bits per heavy atom. The van der Waals surface area contributed by atoms with Gasteiger partial charge < -0.3 is 5.32 Å². The number of aromatic nitrogens is 1. The van der Waals surface area contributed by atoms with Crippen LogP contribution in [-0.4, -0.2) is 4.98 Å². The second-order valence-electron chi connectivity index (χ2n) is 5.56. The minimum atomic E-state index is 0.267. The Bertz CT molecular complexity index is 509. The Kier molecular flexibility index (Phi) is 8.96. The van der Waals surface area contributed by atoms with E-state index in [9.17, 15) is 0 Å². The fraction of sp³-hybridized carbons (Fsp3) is 0.421. The highest BCUT2D eigenvalue weighted by molar-refractivity contribution is 7.17. The van der Waals surface area contributed by atoms with Crippen LogP contribution in [0.15, 0.2) is 48.8 Å². The fourth-order valence-corrected chi connectivity index (χ4v) is 2.52. The van der Waals surface area contributed by atoms with Crippen molar-refractivity contribution in [2.24, 2.45) is 5.92 Å². The van der Waals surface area contributed by atoms with Crippen LogP contribution in [0.4, 0.5) is 0 Å². The molecule has 2 nitrogen and oxygen atoms in total. The third-order valence-corrected chi connectivity index (χ3v) is 3.85. The molecular weight excluding hydrogens is 287 g/mol. The highest BCUT2D eigenvalue weighted by atomic mass is 31.0. The first-order valence-electron chi connectivity index (χ1n) is 8.12. The molecule has 1 N–H and O–H groups in total. The van der Waals surface area contributed by atoms with Crippen molar-refractivity contribution in [1.29, 1.82) is 0 Å². The lowest BCUT2D eigenvalue weighted by Crippen LogP contribution is -2.15. The Morgan fingerprint density at radius 1 is 1.05 bits per heavy atom. The van der Waals surface area contributed by atoms with Gasteiger partial charge in [0.25, 0.3) is 0 Å². The van der Waals surface area contributed by atoms with Crippen LogP contribution in [0, 0.1) is 5.92 Å².